The summed E-state index contributed by atoms with van der Waals surface area (Å²) in [7, 11) is 1.59. The van der Waals surface area contributed by atoms with Gasteiger partial charge in [0.2, 0.25) is 5.91 Å². The maximum absolute atomic E-state index is 12.9. The number of halogens is 1. The molecule has 0 saturated heterocycles. The smallest absolute Gasteiger partial charge is 0.306 e. The van der Waals surface area contributed by atoms with Crippen molar-refractivity contribution in [2.75, 3.05) is 24.4 Å². The van der Waals surface area contributed by atoms with Crippen LogP contribution < -0.4 is 20.1 Å². The van der Waals surface area contributed by atoms with Gasteiger partial charge in [0.15, 0.2) is 6.61 Å². The Morgan fingerprint density at radius 3 is 1.83 bits per heavy atom. The van der Waals surface area contributed by atoms with Crippen molar-refractivity contribution in [3.8, 4) is 17.2 Å². The zero-order valence-corrected chi connectivity index (χ0v) is 19.1. The fourth-order valence-electron chi connectivity index (χ4n) is 2.95. The summed E-state index contributed by atoms with van der Waals surface area (Å²) >= 11 is 0. The minimum Gasteiger partial charge on any atom is -0.497 e. The van der Waals surface area contributed by atoms with E-state index in [1.54, 1.807) is 55.6 Å². The number of anilines is 2. The lowest BCUT2D eigenvalue weighted by Crippen LogP contribution is -2.21. The molecule has 0 saturated carbocycles. The minimum absolute atomic E-state index is 0.00805. The normalized spacial score (nSPS) is 10.2. The molecule has 0 aliphatic heterocycles. The van der Waals surface area contributed by atoms with Gasteiger partial charge in [-0.1, -0.05) is 0 Å². The summed E-state index contributed by atoms with van der Waals surface area (Å²) in [5.41, 5.74) is 0.988. The number of benzene rings is 3. The zero-order chi connectivity index (χ0) is 25.0. The SMILES string of the molecule is COc1ccc(Oc2ccc(NC(=O)CCCC(=O)OCC(=O)Nc3ccc(F)cc3)cc2)cc1. The standard InChI is InChI=1S/C26H25FN2O6/c1-33-21-13-15-23(16-14-21)35-22-11-9-20(10-12-22)28-24(30)3-2-4-26(32)34-17-25(31)29-19-7-5-18(27)6-8-19/h5-16H,2-4,17H2,1H3,(H,28,30)(H,29,31). The lowest BCUT2D eigenvalue weighted by Gasteiger charge is -2.09. The molecule has 3 aromatic carbocycles. The molecular weight excluding hydrogens is 455 g/mol. The summed E-state index contributed by atoms with van der Waals surface area (Å²) in [6.07, 6.45) is 0.371. The van der Waals surface area contributed by atoms with Crippen LogP contribution in [0.15, 0.2) is 72.8 Å². The van der Waals surface area contributed by atoms with Crippen LogP contribution in [0.5, 0.6) is 17.2 Å². The third kappa shape index (κ3) is 8.81. The Hall–Kier alpha value is -4.40. The number of hydrogen-bond acceptors (Lipinski definition) is 6. The first-order valence-corrected chi connectivity index (χ1v) is 10.8. The molecule has 3 rings (SSSR count). The average molecular weight is 480 g/mol. The zero-order valence-electron chi connectivity index (χ0n) is 19.1. The quantitative estimate of drug-likeness (QED) is 0.378. The summed E-state index contributed by atoms with van der Waals surface area (Å²) in [4.78, 5) is 35.7. The fourth-order valence-corrected chi connectivity index (χ4v) is 2.95. The van der Waals surface area contributed by atoms with E-state index in [1.165, 1.54) is 24.3 Å². The second-order valence-corrected chi connectivity index (χ2v) is 7.42. The van der Waals surface area contributed by atoms with Crippen molar-refractivity contribution in [1.29, 1.82) is 0 Å². The van der Waals surface area contributed by atoms with E-state index in [0.29, 0.717) is 22.9 Å². The number of methoxy groups -OCH3 is 1. The van der Waals surface area contributed by atoms with Crippen LogP contribution in [0.1, 0.15) is 19.3 Å². The van der Waals surface area contributed by atoms with Gasteiger partial charge in [-0.05, 0) is 79.2 Å². The van der Waals surface area contributed by atoms with Gasteiger partial charge in [0.1, 0.15) is 23.1 Å². The summed E-state index contributed by atoms with van der Waals surface area (Å²) in [5, 5.41) is 5.24. The van der Waals surface area contributed by atoms with E-state index in [-0.39, 0.29) is 25.2 Å². The molecule has 0 radical (unpaired) electrons. The van der Waals surface area contributed by atoms with Crippen LogP contribution in [0.2, 0.25) is 0 Å². The Balaban J connectivity index is 1.32. The van der Waals surface area contributed by atoms with E-state index in [9.17, 15) is 18.8 Å². The van der Waals surface area contributed by atoms with Gasteiger partial charge in [0.05, 0.1) is 7.11 Å². The first kappa shape index (κ1) is 25.2. The van der Waals surface area contributed by atoms with E-state index in [0.717, 1.165) is 5.75 Å². The molecule has 0 unspecified atom stereocenters. The Kier molecular flexibility index (Phi) is 9.18. The molecule has 35 heavy (non-hydrogen) atoms. The number of carbonyl (C=O) groups excluding carboxylic acids is 3. The van der Waals surface area contributed by atoms with Gasteiger partial charge < -0.3 is 24.8 Å². The van der Waals surface area contributed by atoms with Gasteiger partial charge in [-0.25, -0.2) is 4.39 Å². The monoisotopic (exact) mass is 480 g/mol. The molecule has 0 aliphatic carbocycles. The second-order valence-electron chi connectivity index (χ2n) is 7.42. The number of hydrogen-bond donors (Lipinski definition) is 2. The Morgan fingerprint density at radius 2 is 1.23 bits per heavy atom. The first-order valence-electron chi connectivity index (χ1n) is 10.8. The highest BCUT2D eigenvalue weighted by molar-refractivity contribution is 5.93. The van der Waals surface area contributed by atoms with E-state index < -0.39 is 24.3 Å². The second kappa shape index (κ2) is 12.7. The summed E-state index contributed by atoms with van der Waals surface area (Å²) in [5.74, 6) is 0.192. The number of nitrogens with one attached hydrogen (secondary N) is 2. The molecule has 0 aromatic heterocycles. The number of carbonyl (C=O) groups is 3. The van der Waals surface area contributed by atoms with Gasteiger partial charge in [-0.15, -0.1) is 0 Å². The van der Waals surface area contributed by atoms with Crippen LogP contribution in [0.3, 0.4) is 0 Å². The summed E-state index contributed by atoms with van der Waals surface area (Å²) in [6.45, 7) is -0.465. The average Bonchev–Trinajstić information content (AvgIpc) is 2.86. The van der Waals surface area contributed by atoms with Crippen LogP contribution in [-0.2, 0) is 19.1 Å². The van der Waals surface area contributed by atoms with Crippen LogP contribution in [-0.4, -0.2) is 31.5 Å². The maximum Gasteiger partial charge on any atom is 0.306 e. The lowest BCUT2D eigenvalue weighted by atomic mass is 10.2. The van der Waals surface area contributed by atoms with E-state index in [1.807, 2.05) is 0 Å². The van der Waals surface area contributed by atoms with E-state index >= 15 is 0 Å². The molecule has 0 bridgehead atoms. The van der Waals surface area contributed by atoms with Crippen molar-refractivity contribution in [2.24, 2.45) is 0 Å². The van der Waals surface area contributed by atoms with Crippen LogP contribution >= 0.6 is 0 Å². The molecule has 182 valence electrons. The summed E-state index contributed by atoms with van der Waals surface area (Å²) in [6, 6.07) is 19.3. The molecular formula is C26H25FN2O6. The van der Waals surface area contributed by atoms with Crippen molar-refractivity contribution < 1.29 is 33.0 Å². The van der Waals surface area contributed by atoms with Crippen molar-refractivity contribution in [3.63, 3.8) is 0 Å². The predicted octanol–water partition coefficient (Wildman–Crippen LogP) is 4.92. The van der Waals surface area contributed by atoms with Gasteiger partial charge in [-0.3, -0.25) is 14.4 Å². The fraction of sp³-hybridized carbons (Fsp3) is 0.192. The number of rotatable bonds is 11. The molecule has 0 spiro atoms. The van der Waals surface area contributed by atoms with Crippen LogP contribution in [0.25, 0.3) is 0 Å². The predicted molar refractivity (Wildman–Crippen MR) is 128 cm³/mol. The van der Waals surface area contributed by atoms with Crippen molar-refractivity contribution in [1.82, 2.24) is 0 Å². The molecule has 2 N–H and O–H groups in total. The van der Waals surface area contributed by atoms with Crippen molar-refractivity contribution in [2.45, 2.75) is 19.3 Å². The van der Waals surface area contributed by atoms with Crippen LogP contribution in [0, 0.1) is 5.82 Å². The summed E-state index contributed by atoms with van der Waals surface area (Å²) < 4.78 is 28.6. The highest BCUT2D eigenvalue weighted by atomic mass is 19.1. The Labute approximate surface area is 202 Å². The van der Waals surface area contributed by atoms with Crippen molar-refractivity contribution >= 4 is 29.2 Å². The van der Waals surface area contributed by atoms with Crippen molar-refractivity contribution in [3.05, 3.63) is 78.6 Å². The van der Waals surface area contributed by atoms with Gasteiger partial charge in [0.25, 0.3) is 5.91 Å². The first-order chi connectivity index (χ1) is 16.9. The van der Waals surface area contributed by atoms with Gasteiger partial charge >= 0.3 is 5.97 Å². The third-order valence-corrected chi connectivity index (χ3v) is 4.71. The Bertz CT molecular complexity index is 1130. The molecule has 0 atom stereocenters. The highest BCUT2D eigenvalue weighted by Crippen LogP contribution is 2.25. The van der Waals surface area contributed by atoms with E-state index in [2.05, 4.69) is 10.6 Å². The topological polar surface area (TPSA) is 103 Å². The molecule has 0 heterocycles. The number of esters is 1. The lowest BCUT2D eigenvalue weighted by molar-refractivity contribution is -0.147. The van der Waals surface area contributed by atoms with Gasteiger partial charge in [0, 0.05) is 24.2 Å². The van der Waals surface area contributed by atoms with Crippen LogP contribution in [0.4, 0.5) is 15.8 Å². The molecule has 9 heteroatoms. The third-order valence-electron chi connectivity index (χ3n) is 4.71. The number of amides is 2. The maximum atomic E-state index is 12.9. The number of ether oxygens (including phenoxy) is 3. The van der Waals surface area contributed by atoms with E-state index in [4.69, 9.17) is 14.2 Å². The minimum atomic E-state index is -0.591. The molecule has 0 fully saturated rings. The molecule has 3 aromatic rings. The largest absolute Gasteiger partial charge is 0.497 e. The van der Waals surface area contributed by atoms with Gasteiger partial charge in [-0.2, -0.15) is 0 Å². The molecule has 0 aliphatic rings. The highest BCUT2D eigenvalue weighted by Gasteiger charge is 2.10. The Morgan fingerprint density at radius 1 is 0.714 bits per heavy atom. The molecule has 8 nitrogen and oxygen atoms in total. The molecule has 2 amide bonds.